The summed E-state index contributed by atoms with van der Waals surface area (Å²) in [6.07, 6.45) is 0. The number of ether oxygens (including phenoxy) is 2. The number of aromatic hydroxyl groups is 1. The highest BCUT2D eigenvalue weighted by Gasteiger charge is 2.16. The first-order chi connectivity index (χ1) is 10.0. The van der Waals surface area contributed by atoms with Gasteiger partial charge in [-0.3, -0.25) is 0 Å². The maximum atomic E-state index is 12.9. The molecule has 0 saturated heterocycles. The third-order valence-corrected chi connectivity index (χ3v) is 3.16. The zero-order valence-electron chi connectivity index (χ0n) is 11.1. The van der Waals surface area contributed by atoms with Crippen LogP contribution in [0.4, 0.5) is 4.39 Å². The molecule has 0 aromatic heterocycles. The van der Waals surface area contributed by atoms with Crippen LogP contribution in [0.2, 0.25) is 5.02 Å². The van der Waals surface area contributed by atoms with Crippen LogP contribution in [-0.4, -0.2) is 18.2 Å². The van der Waals surface area contributed by atoms with Crippen LogP contribution < -0.4 is 4.74 Å². The van der Waals surface area contributed by atoms with E-state index in [9.17, 15) is 14.3 Å². The van der Waals surface area contributed by atoms with Gasteiger partial charge in [0.15, 0.2) is 11.5 Å². The standard InChI is InChI=1S/C15H12ClFO4/c1-20-13-4-2-3-11(14(13)18)15(19)21-8-9-5-6-10(17)7-12(9)16/h2-7,18H,8H2,1H3. The SMILES string of the molecule is COc1cccc(C(=O)OCc2ccc(F)cc2Cl)c1O. The summed E-state index contributed by atoms with van der Waals surface area (Å²) in [5.74, 6) is -1.33. The molecule has 0 radical (unpaired) electrons. The van der Waals surface area contributed by atoms with Crippen molar-refractivity contribution in [3.63, 3.8) is 0 Å². The Kier molecular flexibility index (Phi) is 4.65. The summed E-state index contributed by atoms with van der Waals surface area (Å²) >= 11 is 5.84. The van der Waals surface area contributed by atoms with Gasteiger partial charge in [0.25, 0.3) is 0 Å². The molecule has 0 unspecified atom stereocenters. The van der Waals surface area contributed by atoms with Gasteiger partial charge >= 0.3 is 5.97 Å². The Morgan fingerprint density at radius 3 is 2.76 bits per heavy atom. The Hall–Kier alpha value is -2.27. The quantitative estimate of drug-likeness (QED) is 0.877. The van der Waals surface area contributed by atoms with Crippen LogP contribution in [0.25, 0.3) is 0 Å². The van der Waals surface area contributed by atoms with E-state index in [1.807, 2.05) is 0 Å². The molecule has 0 aliphatic heterocycles. The topological polar surface area (TPSA) is 55.8 Å². The molecule has 0 aliphatic carbocycles. The lowest BCUT2D eigenvalue weighted by Gasteiger charge is -2.09. The van der Waals surface area contributed by atoms with Gasteiger partial charge in [-0.25, -0.2) is 9.18 Å². The van der Waals surface area contributed by atoms with Gasteiger partial charge in [0.05, 0.1) is 12.1 Å². The number of carbonyl (C=O) groups excluding carboxylic acids is 1. The number of esters is 1. The molecule has 0 saturated carbocycles. The van der Waals surface area contributed by atoms with E-state index in [1.165, 1.54) is 31.4 Å². The molecule has 0 amide bonds. The summed E-state index contributed by atoms with van der Waals surface area (Å²) in [5, 5.41) is 10.0. The van der Waals surface area contributed by atoms with Crippen molar-refractivity contribution < 1.29 is 23.8 Å². The Balaban J connectivity index is 2.12. The van der Waals surface area contributed by atoms with Crippen molar-refractivity contribution in [2.24, 2.45) is 0 Å². The summed E-state index contributed by atoms with van der Waals surface area (Å²) in [6.45, 7) is -0.130. The molecule has 0 fully saturated rings. The predicted octanol–water partition coefficient (Wildman–Crippen LogP) is 3.55. The third kappa shape index (κ3) is 3.44. The van der Waals surface area contributed by atoms with E-state index >= 15 is 0 Å². The molecule has 0 aliphatic rings. The first kappa shape index (κ1) is 15.1. The second-order valence-electron chi connectivity index (χ2n) is 4.17. The first-order valence-corrected chi connectivity index (χ1v) is 6.37. The molecular formula is C15H12ClFO4. The van der Waals surface area contributed by atoms with Crippen LogP contribution in [0.5, 0.6) is 11.5 Å². The van der Waals surface area contributed by atoms with Gasteiger partial charge < -0.3 is 14.6 Å². The Bertz CT molecular complexity index is 673. The number of benzene rings is 2. The van der Waals surface area contributed by atoms with Crippen molar-refractivity contribution in [2.75, 3.05) is 7.11 Å². The van der Waals surface area contributed by atoms with Crippen molar-refractivity contribution in [3.05, 3.63) is 58.4 Å². The van der Waals surface area contributed by atoms with E-state index in [0.29, 0.717) is 5.56 Å². The number of phenols is 1. The van der Waals surface area contributed by atoms with Gasteiger partial charge in [-0.05, 0) is 24.3 Å². The molecule has 6 heteroatoms. The van der Waals surface area contributed by atoms with Crippen LogP contribution in [0.1, 0.15) is 15.9 Å². The largest absolute Gasteiger partial charge is 0.504 e. The highest BCUT2D eigenvalue weighted by atomic mass is 35.5. The summed E-state index contributed by atoms with van der Waals surface area (Å²) < 4.78 is 22.9. The second-order valence-corrected chi connectivity index (χ2v) is 4.58. The fourth-order valence-corrected chi connectivity index (χ4v) is 1.93. The lowest BCUT2D eigenvalue weighted by Crippen LogP contribution is -2.06. The van der Waals surface area contributed by atoms with Crippen LogP contribution >= 0.6 is 11.6 Å². The minimum atomic E-state index is -0.730. The van der Waals surface area contributed by atoms with Crippen molar-refractivity contribution in [2.45, 2.75) is 6.61 Å². The monoisotopic (exact) mass is 310 g/mol. The van der Waals surface area contributed by atoms with Gasteiger partial charge in [-0.15, -0.1) is 0 Å². The molecule has 110 valence electrons. The van der Waals surface area contributed by atoms with E-state index in [2.05, 4.69) is 0 Å². The van der Waals surface area contributed by atoms with Crippen LogP contribution in [-0.2, 0) is 11.3 Å². The number of halogens is 2. The molecular weight excluding hydrogens is 299 g/mol. The normalized spacial score (nSPS) is 10.2. The van der Waals surface area contributed by atoms with Gasteiger partial charge in [0, 0.05) is 5.56 Å². The number of methoxy groups -OCH3 is 1. The van der Waals surface area contributed by atoms with Crippen molar-refractivity contribution in [1.82, 2.24) is 0 Å². The van der Waals surface area contributed by atoms with Gasteiger partial charge in [-0.2, -0.15) is 0 Å². The number of rotatable bonds is 4. The van der Waals surface area contributed by atoms with E-state index in [0.717, 1.165) is 6.07 Å². The minimum absolute atomic E-state index is 0.0208. The minimum Gasteiger partial charge on any atom is -0.504 e. The number of phenolic OH excluding ortho intramolecular Hbond substituents is 1. The lowest BCUT2D eigenvalue weighted by atomic mass is 10.2. The molecule has 2 aromatic carbocycles. The Morgan fingerprint density at radius 2 is 2.10 bits per heavy atom. The highest BCUT2D eigenvalue weighted by Crippen LogP contribution is 2.30. The molecule has 0 heterocycles. The average Bonchev–Trinajstić information content (AvgIpc) is 2.46. The highest BCUT2D eigenvalue weighted by molar-refractivity contribution is 6.31. The summed E-state index contributed by atoms with van der Waals surface area (Å²) in [7, 11) is 1.38. The molecule has 0 spiro atoms. The van der Waals surface area contributed by atoms with Crippen LogP contribution in [0, 0.1) is 5.82 Å². The van der Waals surface area contributed by atoms with Crippen molar-refractivity contribution in [1.29, 1.82) is 0 Å². The van der Waals surface area contributed by atoms with E-state index in [1.54, 1.807) is 6.07 Å². The summed E-state index contributed by atoms with van der Waals surface area (Å²) in [5.41, 5.74) is 0.446. The average molecular weight is 311 g/mol. The first-order valence-electron chi connectivity index (χ1n) is 6.00. The second kappa shape index (κ2) is 6.45. The van der Waals surface area contributed by atoms with E-state index in [4.69, 9.17) is 21.1 Å². The molecule has 1 N–H and O–H groups in total. The van der Waals surface area contributed by atoms with Crippen molar-refractivity contribution >= 4 is 17.6 Å². The smallest absolute Gasteiger partial charge is 0.342 e. The predicted molar refractivity (Wildman–Crippen MR) is 75.2 cm³/mol. The zero-order chi connectivity index (χ0) is 15.4. The van der Waals surface area contributed by atoms with Gasteiger partial charge in [-0.1, -0.05) is 23.7 Å². The fraction of sp³-hybridized carbons (Fsp3) is 0.133. The fourth-order valence-electron chi connectivity index (χ4n) is 1.71. The van der Waals surface area contributed by atoms with E-state index < -0.39 is 11.8 Å². The zero-order valence-corrected chi connectivity index (χ0v) is 11.9. The van der Waals surface area contributed by atoms with Gasteiger partial charge in [0.1, 0.15) is 18.0 Å². The number of carbonyl (C=O) groups is 1. The van der Waals surface area contributed by atoms with Gasteiger partial charge in [0.2, 0.25) is 0 Å². The maximum absolute atomic E-state index is 12.9. The molecule has 0 bridgehead atoms. The summed E-state index contributed by atoms with van der Waals surface area (Å²) in [4.78, 5) is 11.9. The number of hydrogen-bond acceptors (Lipinski definition) is 4. The Morgan fingerprint density at radius 1 is 1.33 bits per heavy atom. The lowest BCUT2D eigenvalue weighted by molar-refractivity contribution is 0.0469. The molecule has 0 atom stereocenters. The van der Waals surface area contributed by atoms with Crippen molar-refractivity contribution in [3.8, 4) is 11.5 Å². The third-order valence-electron chi connectivity index (χ3n) is 2.81. The molecule has 2 aromatic rings. The van der Waals surface area contributed by atoms with E-state index in [-0.39, 0.29) is 28.7 Å². The molecule has 2 rings (SSSR count). The maximum Gasteiger partial charge on any atom is 0.342 e. The number of hydrogen-bond donors (Lipinski definition) is 1. The molecule has 21 heavy (non-hydrogen) atoms. The molecule has 4 nitrogen and oxygen atoms in total. The summed E-state index contributed by atoms with van der Waals surface area (Å²) in [6, 6.07) is 8.26. The Labute approximate surface area is 125 Å². The van der Waals surface area contributed by atoms with Crippen LogP contribution in [0.15, 0.2) is 36.4 Å². The number of para-hydroxylation sites is 1. The van der Waals surface area contributed by atoms with Crippen LogP contribution in [0.3, 0.4) is 0 Å².